The second kappa shape index (κ2) is 6.18. The molecule has 0 radical (unpaired) electrons. The molecule has 1 aliphatic heterocycles. The van der Waals surface area contributed by atoms with E-state index in [1.807, 2.05) is 0 Å². The average molecular weight is 275 g/mol. The molecule has 0 bridgehead atoms. The smallest absolute Gasteiger partial charge is 0.229 e. The van der Waals surface area contributed by atoms with E-state index in [1.54, 1.807) is 24.3 Å². The van der Waals surface area contributed by atoms with Crippen LogP contribution >= 0.6 is 0 Å². The van der Waals surface area contributed by atoms with Crippen LogP contribution in [0.25, 0.3) is 0 Å². The van der Waals surface area contributed by atoms with Crippen LogP contribution < -0.4 is 16.4 Å². The Labute approximate surface area is 116 Å². The minimum atomic E-state index is -0.389. The number of nitrogens with one attached hydrogen (secondary N) is 2. The lowest BCUT2D eigenvalue weighted by Crippen LogP contribution is -2.40. The summed E-state index contributed by atoms with van der Waals surface area (Å²) < 4.78 is 0. The maximum Gasteiger partial charge on any atom is 0.229 e. The number of amides is 3. The van der Waals surface area contributed by atoms with Crippen molar-refractivity contribution in [1.29, 1.82) is 0 Å². The highest BCUT2D eigenvalue weighted by molar-refractivity contribution is 5.94. The summed E-state index contributed by atoms with van der Waals surface area (Å²) in [4.78, 5) is 33.8. The summed E-state index contributed by atoms with van der Waals surface area (Å²) in [5.74, 6) is -0.699. The molecule has 6 nitrogen and oxygen atoms in total. The van der Waals surface area contributed by atoms with Crippen molar-refractivity contribution in [3.8, 4) is 0 Å². The van der Waals surface area contributed by atoms with Crippen LogP contribution in [-0.4, -0.2) is 24.3 Å². The largest absolute Gasteiger partial charge is 0.369 e. The summed E-state index contributed by atoms with van der Waals surface area (Å²) in [7, 11) is 0. The standard InChI is InChI=1S/C14H17N3O3/c15-12(18)7-9-1-4-11(5-2-9)17-14(20)10-3-6-13(19)16-8-10/h1-2,4-5,10H,3,6-8H2,(H2,15,18)(H,16,19)(H,17,20). The van der Waals surface area contributed by atoms with Crippen LogP contribution in [0, 0.1) is 5.92 Å². The minimum Gasteiger partial charge on any atom is -0.369 e. The number of primary amides is 1. The van der Waals surface area contributed by atoms with E-state index >= 15 is 0 Å². The molecule has 0 saturated carbocycles. The highest BCUT2D eigenvalue weighted by Gasteiger charge is 2.24. The fourth-order valence-electron chi connectivity index (χ4n) is 2.11. The third-order valence-electron chi connectivity index (χ3n) is 3.24. The van der Waals surface area contributed by atoms with E-state index in [2.05, 4.69) is 10.6 Å². The van der Waals surface area contributed by atoms with Crippen LogP contribution in [0.1, 0.15) is 18.4 Å². The Kier molecular flexibility index (Phi) is 4.34. The van der Waals surface area contributed by atoms with Gasteiger partial charge in [-0.25, -0.2) is 0 Å². The Hall–Kier alpha value is -2.37. The quantitative estimate of drug-likeness (QED) is 0.730. The van der Waals surface area contributed by atoms with E-state index in [9.17, 15) is 14.4 Å². The van der Waals surface area contributed by atoms with Crippen molar-refractivity contribution >= 4 is 23.4 Å². The Morgan fingerprint density at radius 1 is 1.30 bits per heavy atom. The van der Waals surface area contributed by atoms with Gasteiger partial charge in [0.05, 0.1) is 12.3 Å². The molecule has 1 fully saturated rings. The number of carbonyl (C=O) groups is 3. The summed E-state index contributed by atoms with van der Waals surface area (Å²) in [5, 5.41) is 5.48. The van der Waals surface area contributed by atoms with Crippen molar-refractivity contribution in [2.24, 2.45) is 11.7 Å². The SMILES string of the molecule is NC(=O)Cc1ccc(NC(=O)C2CCC(=O)NC2)cc1. The zero-order chi connectivity index (χ0) is 14.5. The lowest BCUT2D eigenvalue weighted by atomic mass is 9.98. The molecule has 106 valence electrons. The van der Waals surface area contributed by atoms with Crippen molar-refractivity contribution in [3.63, 3.8) is 0 Å². The van der Waals surface area contributed by atoms with Gasteiger partial charge in [-0.3, -0.25) is 14.4 Å². The van der Waals surface area contributed by atoms with E-state index in [-0.39, 0.29) is 30.1 Å². The molecule has 1 aromatic rings. The molecule has 1 aromatic carbocycles. The number of rotatable bonds is 4. The van der Waals surface area contributed by atoms with Crippen LogP contribution in [-0.2, 0) is 20.8 Å². The van der Waals surface area contributed by atoms with Gasteiger partial charge in [0.25, 0.3) is 0 Å². The third kappa shape index (κ3) is 3.81. The predicted molar refractivity (Wildman–Crippen MR) is 73.7 cm³/mol. The number of hydrogen-bond donors (Lipinski definition) is 3. The number of carbonyl (C=O) groups excluding carboxylic acids is 3. The monoisotopic (exact) mass is 275 g/mol. The second-order valence-corrected chi connectivity index (χ2v) is 4.87. The van der Waals surface area contributed by atoms with Crippen LogP contribution in [0.3, 0.4) is 0 Å². The fraction of sp³-hybridized carbons (Fsp3) is 0.357. The van der Waals surface area contributed by atoms with Gasteiger partial charge in [-0.2, -0.15) is 0 Å². The van der Waals surface area contributed by atoms with Gasteiger partial charge in [0.1, 0.15) is 0 Å². The number of benzene rings is 1. The Bertz CT molecular complexity index is 515. The predicted octanol–water partition coefficient (Wildman–Crippen LogP) is 0.179. The molecule has 0 spiro atoms. The molecule has 6 heteroatoms. The second-order valence-electron chi connectivity index (χ2n) is 4.87. The van der Waals surface area contributed by atoms with Crippen molar-refractivity contribution in [3.05, 3.63) is 29.8 Å². The van der Waals surface area contributed by atoms with Gasteiger partial charge in [0.15, 0.2) is 0 Å². The van der Waals surface area contributed by atoms with E-state index in [0.717, 1.165) is 5.56 Å². The lowest BCUT2D eigenvalue weighted by molar-refractivity contribution is -0.126. The molecule has 1 aliphatic rings. The van der Waals surface area contributed by atoms with E-state index in [1.165, 1.54) is 0 Å². The Balaban J connectivity index is 1.91. The molecule has 0 aliphatic carbocycles. The summed E-state index contributed by atoms with van der Waals surface area (Å²) in [6.07, 6.45) is 1.13. The minimum absolute atomic E-state index is 0.00939. The number of piperidine rings is 1. The van der Waals surface area contributed by atoms with Crippen LogP contribution in [0.15, 0.2) is 24.3 Å². The molecule has 4 N–H and O–H groups in total. The molecule has 20 heavy (non-hydrogen) atoms. The topological polar surface area (TPSA) is 101 Å². The molecule has 3 amide bonds. The Morgan fingerprint density at radius 2 is 2.00 bits per heavy atom. The van der Waals surface area contributed by atoms with Gasteiger partial charge in [-0.15, -0.1) is 0 Å². The van der Waals surface area contributed by atoms with E-state index in [4.69, 9.17) is 5.73 Å². The molecule has 1 unspecified atom stereocenters. The van der Waals surface area contributed by atoms with Crippen molar-refractivity contribution in [2.75, 3.05) is 11.9 Å². The van der Waals surface area contributed by atoms with Crippen LogP contribution in [0.5, 0.6) is 0 Å². The fourth-order valence-corrected chi connectivity index (χ4v) is 2.11. The van der Waals surface area contributed by atoms with Crippen molar-refractivity contribution in [1.82, 2.24) is 5.32 Å². The van der Waals surface area contributed by atoms with E-state index in [0.29, 0.717) is 25.1 Å². The number of hydrogen-bond acceptors (Lipinski definition) is 3. The summed E-state index contributed by atoms with van der Waals surface area (Å²) in [6.45, 7) is 0.379. The highest BCUT2D eigenvalue weighted by Crippen LogP contribution is 2.15. The van der Waals surface area contributed by atoms with Gasteiger partial charge in [-0.1, -0.05) is 12.1 Å². The average Bonchev–Trinajstić information content (AvgIpc) is 2.41. The highest BCUT2D eigenvalue weighted by atomic mass is 16.2. The summed E-state index contributed by atoms with van der Waals surface area (Å²) in [6, 6.07) is 6.97. The van der Waals surface area contributed by atoms with Gasteiger partial charge in [0.2, 0.25) is 17.7 Å². The van der Waals surface area contributed by atoms with Crippen LogP contribution in [0.2, 0.25) is 0 Å². The molecule has 1 atom stereocenters. The van der Waals surface area contributed by atoms with Crippen LogP contribution in [0.4, 0.5) is 5.69 Å². The zero-order valence-electron chi connectivity index (χ0n) is 11.0. The zero-order valence-corrected chi connectivity index (χ0v) is 11.0. The maximum absolute atomic E-state index is 12.0. The molecular formula is C14H17N3O3. The first-order chi connectivity index (χ1) is 9.54. The molecular weight excluding hydrogens is 258 g/mol. The lowest BCUT2D eigenvalue weighted by Gasteiger charge is -2.21. The summed E-state index contributed by atoms with van der Waals surface area (Å²) in [5.41, 5.74) is 6.58. The molecule has 1 saturated heterocycles. The first-order valence-electron chi connectivity index (χ1n) is 6.49. The van der Waals surface area contributed by atoms with Gasteiger partial charge in [0, 0.05) is 18.7 Å². The molecule has 2 rings (SSSR count). The first kappa shape index (κ1) is 14.0. The summed E-state index contributed by atoms with van der Waals surface area (Å²) >= 11 is 0. The van der Waals surface area contributed by atoms with Crippen molar-refractivity contribution < 1.29 is 14.4 Å². The normalized spacial score (nSPS) is 18.2. The Morgan fingerprint density at radius 3 is 2.55 bits per heavy atom. The number of nitrogens with two attached hydrogens (primary N) is 1. The number of anilines is 1. The van der Waals surface area contributed by atoms with Gasteiger partial charge >= 0.3 is 0 Å². The van der Waals surface area contributed by atoms with Crippen molar-refractivity contribution in [2.45, 2.75) is 19.3 Å². The molecule has 0 aromatic heterocycles. The molecule has 1 heterocycles. The third-order valence-corrected chi connectivity index (χ3v) is 3.24. The first-order valence-corrected chi connectivity index (χ1v) is 6.49. The van der Waals surface area contributed by atoms with Gasteiger partial charge < -0.3 is 16.4 Å². The van der Waals surface area contributed by atoms with Gasteiger partial charge in [-0.05, 0) is 24.1 Å². The van der Waals surface area contributed by atoms with E-state index < -0.39 is 0 Å². The maximum atomic E-state index is 12.0.